The van der Waals surface area contributed by atoms with Gasteiger partial charge in [-0.25, -0.2) is 4.98 Å². The molecule has 2 N–H and O–H groups in total. The second kappa shape index (κ2) is 10.8. The van der Waals surface area contributed by atoms with Gasteiger partial charge in [0.25, 0.3) is 0 Å². The summed E-state index contributed by atoms with van der Waals surface area (Å²) < 4.78 is 55.2. The zero-order valence-electron chi connectivity index (χ0n) is 22.8. The Labute approximate surface area is 242 Å². The Kier molecular flexibility index (Phi) is 7.45. The van der Waals surface area contributed by atoms with Crippen molar-refractivity contribution in [2.75, 3.05) is 30.5 Å². The van der Waals surface area contributed by atoms with Gasteiger partial charge in [-0.3, -0.25) is 4.90 Å². The molecule has 0 radical (unpaired) electrons. The highest BCUT2D eigenvalue weighted by Gasteiger charge is 2.45. The Morgan fingerprint density at radius 3 is 2.46 bits per heavy atom. The van der Waals surface area contributed by atoms with Crippen molar-refractivity contribution >= 4 is 47.2 Å². The van der Waals surface area contributed by atoms with Crippen LogP contribution in [0.5, 0.6) is 5.75 Å². The van der Waals surface area contributed by atoms with Gasteiger partial charge in [-0.1, -0.05) is 17.7 Å². The number of alkyl halides is 3. The van der Waals surface area contributed by atoms with Crippen LogP contribution in [0, 0.1) is 5.92 Å². The first kappa shape index (κ1) is 28.3. The van der Waals surface area contributed by atoms with Crippen LogP contribution in [0.4, 0.5) is 36.3 Å². The van der Waals surface area contributed by atoms with E-state index in [-0.39, 0.29) is 16.1 Å². The second-order valence-corrected chi connectivity index (χ2v) is 15.2. The van der Waals surface area contributed by atoms with E-state index in [4.69, 9.17) is 11.6 Å². The number of hydrogen-bond donors (Lipinski definition) is 2. The van der Waals surface area contributed by atoms with Crippen LogP contribution in [0.1, 0.15) is 36.8 Å². The molecule has 2 aliphatic heterocycles. The highest BCUT2D eigenvalue weighted by atomic mass is 35.5. The van der Waals surface area contributed by atoms with Crippen molar-refractivity contribution in [3.05, 3.63) is 58.7 Å². The maximum atomic E-state index is 12.9. The summed E-state index contributed by atoms with van der Waals surface area (Å²) in [6, 6.07) is 11.5. The molecule has 2 aliphatic carbocycles. The smallest absolute Gasteiger partial charge is 0.406 e. The Hall–Kier alpha value is -2.81. The van der Waals surface area contributed by atoms with Crippen molar-refractivity contribution in [3.8, 4) is 5.75 Å². The monoisotopic (exact) mass is 605 g/mol. The summed E-state index contributed by atoms with van der Waals surface area (Å²) in [5.41, 5.74) is 3.90. The Morgan fingerprint density at radius 1 is 1.02 bits per heavy atom. The SMILES string of the molecule is CP(C)(=O)c1cc(OC(F)(F)F)ccc1Nc1nc(Nc2ccc3c(c2)CCC(N2CC4CC2C4)CC3)ncc1Cl. The largest absolute Gasteiger partial charge is 0.573 e. The molecule has 7 nitrogen and oxygen atoms in total. The van der Waals surface area contributed by atoms with E-state index < -0.39 is 19.3 Å². The highest BCUT2D eigenvalue weighted by Crippen LogP contribution is 2.44. The van der Waals surface area contributed by atoms with Gasteiger partial charge in [-0.2, -0.15) is 4.98 Å². The molecule has 1 atom stereocenters. The summed E-state index contributed by atoms with van der Waals surface area (Å²) >= 11 is 6.37. The first-order chi connectivity index (χ1) is 19.4. The first-order valence-electron chi connectivity index (χ1n) is 13.8. The standard InChI is InChI=1S/C29H32ClF3N5O2P/c1-41(2,39)26-14-23(40-29(31,32)33)9-10-25(26)36-27-24(30)15-34-28(37-27)35-20-6-3-18-4-7-21(8-5-19(18)13-20)38-16-17-11-22(38)12-17/h3,6,9-10,13-15,17,21-22H,4-5,7-8,11-12,16H2,1-2H3,(H2,34,35,36,37). The molecule has 2 bridgehead atoms. The van der Waals surface area contributed by atoms with Gasteiger partial charge >= 0.3 is 6.36 Å². The van der Waals surface area contributed by atoms with Crippen LogP contribution in [0.25, 0.3) is 0 Å². The van der Waals surface area contributed by atoms with Gasteiger partial charge in [0.15, 0.2) is 5.82 Å². The third-order valence-corrected chi connectivity index (χ3v) is 10.2. The number of ether oxygens (including phenoxy) is 1. The molecule has 12 heteroatoms. The van der Waals surface area contributed by atoms with Crippen LogP contribution in [0.3, 0.4) is 0 Å². The summed E-state index contributed by atoms with van der Waals surface area (Å²) in [6.45, 7) is 4.20. The molecule has 2 aromatic carbocycles. The van der Waals surface area contributed by atoms with Crippen LogP contribution >= 0.6 is 18.7 Å². The number of benzene rings is 2. The molecule has 1 aromatic heterocycles. The van der Waals surface area contributed by atoms with Crippen LogP contribution in [-0.2, 0) is 17.4 Å². The lowest BCUT2D eigenvalue weighted by Gasteiger charge is -2.32. The van der Waals surface area contributed by atoms with E-state index in [2.05, 4.69) is 42.4 Å². The van der Waals surface area contributed by atoms with E-state index in [1.54, 1.807) is 0 Å². The van der Waals surface area contributed by atoms with Gasteiger partial charge in [0, 0.05) is 29.6 Å². The van der Waals surface area contributed by atoms with E-state index >= 15 is 0 Å². The first-order valence-corrected chi connectivity index (χ1v) is 16.8. The molecule has 3 fully saturated rings. The van der Waals surface area contributed by atoms with Crippen molar-refractivity contribution in [1.29, 1.82) is 0 Å². The Bertz CT molecular complexity index is 1510. The lowest BCUT2D eigenvalue weighted by atomic mass is 9.86. The molecule has 1 saturated carbocycles. The molecule has 0 amide bonds. The minimum Gasteiger partial charge on any atom is -0.406 e. The molecule has 7 rings (SSSR count). The normalized spacial score (nSPS) is 22.4. The van der Waals surface area contributed by atoms with Crippen molar-refractivity contribution in [2.45, 2.75) is 57.0 Å². The number of nitrogens with one attached hydrogen (secondary N) is 2. The van der Waals surface area contributed by atoms with Crippen molar-refractivity contribution in [2.24, 2.45) is 5.92 Å². The average molecular weight is 606 g/mol. The lowest BCUT2D eigenvalue weighted by Crippen LogP contribution is -2.37. The molecular formula is C29H32ClF3N5O2P. The zero-order valence-corrected chi connectivity index (χ0v) is 24.5. The summed E-state index contributed by atoms with van der Waals surface area (Å²) in [7, 11) is -3.01. The predicted octanol–water partition coefficient (Wildman–Crippen LogP) is 7.11. The van der Waals surface area contributed by atoms with Crippen LogP contribution < -0.4 is 20.7 Å². The topological polar surface area (TPSA) is 79.4 Å². The van der Waals surface area contributed by atoms with Crippen LogP contribution in [0.15, 0.2) is 42.6 Å². The third kappa shape index (κ3) is 6.35. The van der Waals surface area contributed by atoms with Gasteiger partial charge in [-0.05, 0) is 99.2 Å². The molecule has 4 aliphatic rings. The zero-order chi connectivity index (χ0) is 28.9. The lowest BCUT2D eigenvalue weighted by molar-refractivity contribution is -0.274. The number of nitrogens with zero attached hydrogens (tertiary/aromatic N) is 3. The van der Waals surface area contributed by atoms with E-state index in [0.717, 1.165) is 42.6 Å². The summed E-state index contributed by atoms with van der Waals surface area (Å²) in [4.78, 5) is 11.6. The van der Waals surface area contributed by atoms with Crippen molar-refractivity contribution in [1.82, 2.24) is 14.9 Å². The molecule has 3 heterocycles. The number of anilines is 4. The quantitative estimate of drug-likeness (QED) is 0.220. The van der Waals surface area contributed by atoms with Gasteiger partial charge in [0.2, 0.25) is 5.95 Å². The fourth-order valence-corrected chi connectivity index (χ4v) is 7.63. The van der Waals surface area contributed by atoms with E-state index in [1.165, 1.54) is 68.9 Å². The number of hydrogen-bond acceptors (Lipinski definition) is 7. The van der Waals surface area contributed by atoms with Crippen molar-refractivity contribution in [3.63, 3.8) is 0 Å². The second-order valence-electron chi connectivity index (χ2n) is 11.6. The fourth-order valence-electron chi connectivity index (χ4n) is 6.35. The summed E-state index contributed by atoms with van der Waals surface area (Å²) in [5.74, 6) is 0.993. The number of aromatic nitrogens is 2. The number of fused-ring (bicyclic) bond motifs is 2. The molecule has 41 heavy (non-hydrogen) atoms. The fraction of sp³-hybridized carbons (Fsp3) is 0.448. The minimum atomic E-state index is -4.86. The number of rotatable bonds is 7. The molecule has 3 aromatic rings. The van der Waals surface area contributed by atoms with Gasteiger partial charge < -0.3 is 19.9 Å². The molecule has 2 saturated heterocycles. The van der Waals surface area contributed by atoms with Gasteiger partial charge in [-0.15, -0.1) is 13.2 Å². The van der Waals surface area contributed by atoms with Crippen LogP contribution in [0.2, 0.25) is 5.02 Å². The Balaban J connectivity index is 1.18. The maximum absolute atomic E-state index is 12.9. The maximum Gasteiger partial charge on any atom is 0.573 e. The Morgan fingerprint density at radius 2 is 1.78 bits per heavy atom. The number of halogens is 4. The molecular weight excluding hydrogens is 574 g/mol. The molecule has 1 unspecified atom stereocenters. The van der Waals surface area contributed by atoms with Crippen molar-refractivity contribution < 1.29 is 22.5 Å². The van der Waals surface area contributed by atoms with E-state index in [1.807, 2.05) is 6.07 Å². The molecule has 0 spiro atoms. The number of aryl methyl sites for hydroxylation is 2. The predicted molar refractivity (Wildman–Crippen MR) is 156 cm³/mol. The summed E-state index contributed by atoms with van der Waals surface area (Å²) in [6.07, 6.45) is 3.81. The molecule has 218 valence electrons. The average Bonchev–Trinajstić information content (AvgIpc) is 3.41. The highest BCUT2D eigenvalue weighted by molar-refractivity contribution is 7.70. The van der Waals surface area contributed by atoms with E-state index in [9.17, 15) is 17.7 Å². The van der Waals surface area contributed by atoms with Crippen LogP contribution in [-0.4, -0.2) is 53.2 Å². The van der Waals surface area contributed by atoms with E-state index in [0.29, 0.717) is 17.7 Å². The minimum absolute atomic E-state index is 0.179. The third-order valence-electron chi connectivity index (χ3n) is 8.35. The summed E-state index contributed by atoms with van der Waals surface area (Å²) in [5, 5.41) is 6.66. The van der Waals surface area contributed by atoms with Gasteiger partial charge in [0.1, 0.15) is 17.9 Å². The van der Waals surface area contributed by atoms with Gasteiger partial charge in [0.05, 0.1) is 11.9 Å².